The Morgan fingerprint density at radius 1 is 0.885 bits per heavy atom. The molecule has 0 aliphatic carbocycles. The van der Waals surface area contributed by atoms with E-state index in [9.17, 15) is 0 Å². The highest BCUT2D eigenvalue weighted by atomic mass is 35.5. The molecule has 0 aliphatic heterocycles. The summed E-state index contributed by atoms with van der Waals surface area (Å²) >= 11 is 5.91. The highest BCUT2D eigenvalue weighted by Crippen LogP contribution is 2.16. The molecule has 0 atom stereocenters. The van der Waals surface area contributed by atoms with Gasteiger partial charge in [-0.1, -0.05) is 60.1 Å². The lowest BCUT2D eigenvalue weighted by molar-refractivity contribution is 0.305. The van der Waals surface area contributed by atoms with Gasteiger partial charge in [0.25, 0.3) is 0 Å². The molecule has 1 N–H and O–H groups in total. The van der Waals surface area contributed by atoms with Crippen LogP contribution in [0.25, 0.3) is 0 Å². The van der Waals surface area contributed by atoms with Crippen molar-refractivity contribution in [2.75, 3.05) is 6.54 Å². The Morgan fingerprint density at radius 3 is 2.50 bits per heavy atom. The Kier molecular flexibility index (Phi) is 6.70. The number of aryl methyl sites for hydroxylation is 1. The largest absolute Gasteiger partial charge is 0.489 e. The van der Waals surface area contributed by atoms with Crippen molar-refractivity contribution in [1.82, 2.24) is 5.32 Å². The summed E-state index contributed by atoms with van der Waals surface area (Å²) in [4.78, 5) is 0. The molecule has 0 radical (unpaired) electrons. The summed E-state index contributed by atoms with van der Waals surface area (Å²) in [5.74, 6) is 0.908. The first-order valence-electron chi connectivity index (χ1n) is 8.92. The minimum Gasteiger partial charge on any atom is -0.489 e. The van der Waals surface area contributed by atoms with Gasteiger partial charge in [-0.25, -0.2) is 0 Å². The van der Waals surface area contributed by atoms with E-state index in [1.165, 1.54) is 22.3 Å². The van der Waals surface area contributed by atoms with Crippen LogP contribution in [0.4, 0.5) is 0 Å². The predicted molar refractivity (Wildman–Crippen MR) is 109 cm³/mol. The molecule has 0 fully saturated rings. The number of nitrogens with one attached hydrogen (secondary N) is 1. The SMILES string of the molecule is Cc1ccccc1COc1cccc(CNCCc2ccc(Cl)cc2)c1. The van der Waals surface area contributed by atoms with Crippen LogP contribution in [-0.2, 0) is 19.6 Å². The van der Waals surface area contributed by atoms with Crippen LogP contribution in [0.5, 0.6) is 5.75 Å². The van der Waals surface area contributed by atoms with Crippen molar-refractivity contribution in [2.45, 2.75) is 26.5 Å². The van der Waals surface area contributed by atoms with E-state index in [1.54, 1.807) is 0 Å². The van der Waals surface area contributed by atoms with Crippen molar-refractivity contribution in [2.24, 2.45) is 0 Å². The van der Waals surface area contributed by atoms with Gasteiger partial charge >= 0.3 is 0 Å². The highest BCUT2D eigenvalue weighted by molar-refractivity contribution is 6.30. The first-order chi connectivity index (χ1) is 12.7. The molecule has 0 unspecified atom stereocenters. The van der Waals surface area contributed by atoms with Gasteiger partial charge in [0.2, 0.25) is 0 Å². The van der Waals surface area contributed by atoms with Crippen LogP contribution in [0.3, 0.4) is 0 Å². The van der Waals surface area contributed by atoms with E-state index in [2.05, 4.69) is 54.7 Å². The summed E-state index contributed by atoms with van der Waals surface area (Å²) in [7, 11) is 0. The van der Waals surface area contributed by atoms with Crippen LogP contribution in [-0.4, -0.2) is 6.54 Å². The molecule has 134 valence electrons. The molecular weight excluding hydrogens is 342 g/mol. The van der Waals surface area contributed by atoms with Crippen molar-refractivity contribution in [3.8, 4) is 5.75 Å². The first kappa shape index (κ1) is 18.5. The van der Waals surface area contributed by atoms with Crippen LogP contribution in [0.1, 0.15) is 22.3 Å². The maximum atomic E-state index is 5.96. The smallest absolute Gasteiger partial charge is 0.120 e. The van der Waals surface area contributed by atoms with Crippen molar-refractivity contribution in [1.29, 1.82) is 0 Å². The summed E-state index contributed by atoms with van der Waals surface area (Å²) in [6.07, 6.45) is 0.987. The van der Waals surface area contributed by atoms with Gasteiger partial charge < -0.3 is 10.1 Å². The van der Waals surface area contributed by atoms with Gasteiger partial charge in [0.15, 0.2) is 0 Å². The van der Waals surface area contributed by atoms with Gasteiger partial charge in [-0.15, -0.1) is 0 Å². The number of ether oxygens (including phenoxy) is 1. The van der Waals surface area contributed by atoms with Gasteiger partial charge in [0.1, 0.15) is 12.4 Å². The van der Waals surface area contributed by atoms with Crippen LogP contribution in [0.2, 0.25) is 5.02 Å². The molecule has 0 aromatic heterocycles. The van der Waals surface area contributed by atoms with Gasteiger partial charge in [0.05, 0.1) is 0 Å². The van der Waals surface area contributed by atoms with Crippen molar-refractivity contribution in [3.63, 3.8) is 0 Å². The lowest BCUT2D eigenvalue weighted by atomic mass is 10.1. The zero-order valence-electron chi connectivity index (χ0n) is 15.0. The molecule has 3 aromatic rings. The molecule has 3 aromatic carbocycles. The van der Waals surface area contributed by atoms with Crippen LogP contribution in [0.15, 0.2) is 72.8 Å². The van der Waals surface area contributed by atoms with Gasteiger partial charge in [-0.05, 0) is 66.4 Å². The Hall–Kier alpha value is -2.29. The maximum absolute atomic E-state index is 5.96. The zero-order chi connectivity index (χ0) is 18.2. The molecule has 0 saturated carbocycles. The molecule has 26 heavy (non-hydrogen) atoms. The molecule has 3 heteroatoms. The zero-order valence-corrected chi connectivity index (χ0v) is 15.8. The van der Waals surface area contributed by atoms with Gasteiger partial charge in [-0.3, -0.25) is 0 Å². The normalized spacial score (nSPS) is 10.7. The maximum Gasteiger partial charge on any atom is 0.120 e. The molecule has 3 rings (SSSR count). The highest BCUT2D eigenvalue weighted by Gasteiger charge is 2.01. The van der Waals surface area contributed by atoms with Crippen molar-refractivity contribution < 1.29 is 4.74 Å². The third-order valence-electron chi connectivity index (χ3n) is 4.39. The molecule has 2 nitrogen and oxygen atoms in total. The number of halogens is 1. The number of hydrogen-bond acceptors (Lipinski definition) is 2. The Labute approximate surface area is 160 Å². The second kappa shape index (κ2) is 9.42. The fraction of sp³-hybridized carbons (Fsp3) is 0.217. The predicted octanol–water partition coefficient (Wildman–Crippen LogP) is 5.56. The summed E-state index contributed by atoms with van der Waals surface area (Å²) < 4.78 is 5.96. The summed E-state index contributed by atoms with van der Waals surface area (Å²) in [6, 6.07) is 24.6. The standard InChI is InChI=1S/C23H24ClNO/c1-18-5-2-3-7-21(18)17-26-23-8-4-6-20(15-23)16-25-14-13-19-9-11-22(24)12-10-19/h2-12,15,25H,13-14,16-17H2,1H3. The quantitative estimate of drug-likeness (QED) is 0.527. The summed E-state index contributed by atoms with van der Waals surface area (Å²) in [6.45, 7) is 4.46. The third-order valence-corrected chi connectivity index (χ3v) is 4.64. The Bertz CT molecular complexity index is 830. The Balaban J connectivity index is 1.46. The molecule has 0 spiro atoms. The molecule has 0 bridgehead atoms. The van der Waals surface area contributed by atoms with E-state index in [1.807, 2.05) is 30.3 Å². The second-order valence-corrected chi connectivity index (χ2v) is 6.85. The van der Waals surface area contributed by atoms with Crippen LogP contribution in [0, 0.1) is 6.92 Å². The summed E-state index contributed by atoms with van der Waals surface area (Å²) in [5, 5.41) is 4.27. The molecule has 0 aliphatic rings. The minimum absolute atomic E-state index is 0.597. The average Bonchev–Trinajstić information content (AvgIpc) is 2.66. The number of rotatable bonds is 8. The van der Waals surface area contributed by atoms with E-state index in [0.29, 0.717) is 6.61 Å². The van der Waals surface area contributed by atoms with Crippen molar-refractivity contribution in [3.05, 3.63) is 100 Å². The number of benzene rings is 3. The lowest BCUT2D eigenvalue weighted by Crippen LogP contribution is -2.16. The van der Waals surface area contributed by atoms with E-state index in [4.69, 9.17) is 16.3 Å². The average molecular weight is 366 g/mol. The van der Waals surface area contributed by atoms with Crippen LogP contribution < -0.4 is 10.1 Å². The monoisotopic (exact) mass is 365 g/mol. The molecule has 0 saturated heterocycles. The third kappa shape index (κ3) is 5.62. The van der Waals surface area contributed by atoms with E-state index >= 15 is 0 Å². The number of hydrogen-bond donors (Lipinski definition) is 1. The van der Waals surface area contributed by atoms with Gasteiger partial charge in [-0.2, -0.15) is 0 Å². The van der Waals surface area contributed by atoms with Crippen LogP contribution >= 0.6 is 11.6 Å². The van der Waals surface area contributed by atoms with E-state index in [-0.39, 0.29) is 0 Å². The Morgan fingerprint density at radius 2 is 1.69 bits per heavy atom. The molecule has 0 heterocycles. The fourth-order valence-electron chi connectivity index (χ4n) is 2.79. The fourth-order valence-corrected chi connectivity index (χ4v) is 2.92. The molecule has 0 amide bonds. The second-order valence-electron chi connectivity index (χ2n) is 6.42. The first-order valence-corrected chi connectivity index (χ1v) is 9.30. The van der Waals surface area contributed by atoms with Gasteiger partial charge in [0, 0.05) is 11.6 Å². The minimum atomic E-state index is 0.597. The van der Waals surface area contributed by atoms with Crippen molar-refractivity contribution >= 4 is 11.6 Å². The summed E-state index contributed by atoms with van der Waals surface area (Å²) in [5.41, 5.74) is 4.99. The van der Waals surface area contributed by atoms with E-state index in [0.717, 1.165) is 30.3 Å². The lowest BCUT2D eigenvalue weighted by Gasteiger charge is -2.10. The van der Waals surface area contributed by atoms with E-state index < -0.39 is 0 Å². The topological polar surface area (TPSA) is 21.3 Å². The molecular formula is C23H24ClNO.